The van der Waals surface area contributed by atoms with Crippen molar-refractivity contribution < 1.29 is 8.83 Å². The van der Waals surface area contributed by atoms with Crippen LogP contribution in [0.2, 0.25) is 0 Å². The van der Waals surface area contributed by atoms with Gasteiger partial charge in [-0.1, -0.05) is 358 Å². The molecule has 604 valence electrons. The zero-order chi connectivity index (χ0) is 85.5. The Labute approximate surface area is 740 Å². The molecule has 0 amide bonds. The number of hydrogen-bond donors (Lipinski definition) is 0. The van der Waals surface area contributed by atoms with Crippen LogP contribution in [0.4, 0.5) is 0 Å². The lowest BCUT2D eigenvalue weighted by atomic mass is 9.98. The normalized spacial score (nSPS) is 11.4. The average Bonchev–Trinajstić information content (AvgIpc) is 1.60. The summed E-state index contributed by atoms with van der Waals surface area (Å²) in [7, 11) is 0. The van der Waals surface area contributed by atoms with Crippen LogP contribution >= 0.6 is 0 Å². The van der Waals surface area contributed by atoms with Gasteiger partial charge in [0.2, 0.25) is 11.8 Å². The molecule has 0 fully saturated rings. The predicted octanol–water partition coefficient (Wildman–Crippen LogP) is 28.8. The molecule has 0 N–H and O–H groups in total. The topological polar surface area (TPSA) is 173 Å². The molecule has 129 heavy (non-hydrogen) atoms. The molecular weight excluding hydrogens is 1580 g/mol. The molecule has 6 aromatic heterocycles. The number of para-hydroxylation sites is 1. The maximum Gasteiger partial charge on any atom is 0.227 e. The van der Waals surface area contributed by atoms with Crippen LogP contribution in [0.5, 0.6) is 0 Å². The van der Waals surface area contributed by atoms with Crippen LogP contribution in [0.3, 0.4) is 0 Å². The summed E-state index contributed by atoms with van der Waals surface area (Å²) in [5, 5.41) is 13.3. The number of oxazole rings is 2. The molecule has 0 unspecified atom stereocenters. The van der Waals surface area contributed by atoms with Crippen LogP contribution in [0.25, 0.3) is 240 Å². The first kappa shape index (κ1) is 76.2. The van der Waals surface area contributed by atoms with Gasteiger partial charge in [0.25, 0.3) is 0 Å². The summed E-state index contributed by atoms with van der Waals surface area (Å²) >= 11 is 0. The summed E-state index contributed by atoms with van der Waals surface area (Å²) in [6, 6.07) is 148. The van der Waals surface area contributed by atoms with E-state index in [4.69, 9.17) is 63.7 Å². The number of benzene rings is 19. The molecule has 0 aliphatic rings. The Morgan fingerprint density at radius 3 is 0.798 bits per heavy atom. The maximum atomic E-state index is 6.18. The second-order valence-corrected chi connectivity index (χ2v) is 31.6. The fourth-order valence-corrected chi connectivity index (χ4v) is 17.2. The summed E-state index contributed by atoms with van der Waals surface area (Å²) in [5.74, 6) is 6.71. The van der Waals surface area contributed by atoms with Crippen molar-refractivity contribution in [3.63, 3.8) is 0 Å². The minimum atomic E-state index is 0.619. The Bertz CT molecular complexity index is 8020. The number of hydrogen-bond acceptors (Lipinski definition) is 13. The molecule has 19 aromatic carbocycles. The molecule has 0 bridgehead atoms. The van der Waals surface area contributed by atoms with Gasteiger partial charge < -0.3 is 8.83 Å². The molecule has 6 heterocycles. The molecule has 14 nitrogen and oxygen atoms in total. The van der Waals surface area contributed by atoms with Crippen molar-refractivity contribution in [1.29, 1.82) is 0 Å². The van der Waals surface area contributed by atoms with Crippen LogP contribution in [0.1, 0.15) is 0 Å². The molecule has 0 radical (unpaired) electrons. The minimum Gasteiger partial charge on any atom is -0.436 e. The van der Waals surface area contributed by atoms with Gasteiger partial charge in [-0.25, -0.2) is 54.8 Å². The van der Waals surface area contributed by atoms with Crippen molar-refractivity contribution in [1.82, 2.24) is 59.4 Å². The van der Waals surface area contributed by atoms with Gasteiger partial charge in [0.05, 0.1) is 22.4 Å². The Kier molecular flexibility index (Phi) is 19.6. The Hall–Kier alpha value is -17.8. The number of imidazole rings is 1. The average molecular weight is 1650 g/mol. The molecule has 25 aromatic rings. The lowest BCUT2D eigenvalue weighted by Crippen LogP contribution is -2.00. The molecule has 0 saturated carbocycles. The summed E-state index contributed by atoms with van der Waals surface area (Å²) < 4.78 is 14.6. The van der Waals surface area contributed by atoms with Gasteiger partial charge in [-0.05, 0) is 127 Å². The monoisotopic (exact) mass is 1650 g/mol. The summed E-state index contributed by atoms with van der Waals surface area (Å²) in [6.07, 6.45) is 0. The van der Waals surface area contributed by atoms with Crippen LogP contribution in [0, 0.1) is 0 Å². The fourth-order valence-electron chi connectivity index (χ4n) is 17.2. The SMILES string of the molecule is c1ccc(-c2cc(-c3ccccc3)nc(-c3ccc4c(ccc5ccc6oc(-c7ccccc7)nc6c54)c3)n2)cc1.c1ccc(-c2nc(-c3ccccc3)nc(-c3ccc4c(ccc5ccc6c(nc(-c7ccccc7)n6-c6ccccc6)c54)c3)n2)cc1.c1ccc(-c2nc(-c3ccccc3)nc(-c3ccc4c(ccc5ccc6oc(-c7ccccc7)nc6c54)c3)n2)cc1. The molecular formula is C115H72N12O2. The van der Waals surface area contributed by atoms with Crippen LogP contribution < -0.4 is 0 Å². The summed E-state index contributed by atoms with van der Waals surface area (Å²) in [5.41, 5.74) is 19.9. The van der Waals surface area contributed by atoms with E-state index in [1.54, 1.807) is 0 Å². The van der Waals surface area contributed by atoms with E-state index in [0.29, 0.717) is 52.6 Å². The highest BCUT2D eigenvalue weighted by molar-refractivity contribution is 6.22. The van der Waals surface area contributed by atoms with Crippen molar-refractivity contribution in [2.45, 2.75) is 0 Å². The van der Waals surface area contributed by atoms with Gasteiger partial charge >= 0.3 is 0 Å². The molecule has 0 spiro atoms. The van der Waals surface area contributed by atoms with E-state index < -0.39 is 0 Å². The smallest absolute Gasteiger partial charge is 0.227 e. The van der Waals surface area contributed by atoms with Gasteiger partial charge in [-0.15, -0.1) is 0 Å². The fraction of sp³-hybridized carbons (Fsp3) is 0. The Balaban J connectivity index is 0.000000111. The molecule has 0 aliphatic heterocycles. The quantitative estimate of drug-likeness (QED) is 0.0999. The first-order valence-electron chi connectivity index (χ1n) is 42.8. The zero-order valence-electron chi connectivity index (χ0n) is 69.3. The lowest BCUT2D eigenvalue weighted by molar-refractivity contribution is 0.619. The van der Waals surface area contributed by atoms with Crippen LogP contribution in [-0.2, 0) is 0 Å². The van der Waals surface area contributed by atoms with Crippen molar-refractivity contribution in [2.75, 3.05) is 0 Å². The van der Waals surface area contributed by atoms with E-state index in [2.05, 4.69) is 199 Å². The molecule has 14 heteroatoms. The van der Waals surface area contributed by atoms with Gasteiger partial charge in [0.1, 0.15) is 16.9 Å². The molecule has 0 atom stereocenters. The Morgan fingerprint density at radius 1 is 0.178 bits per heavy atom. The van der Waals surface area contributed by atoms with E-state index >= 15 is 0 Å². The zero-order valence-corrected chi connectivity index (χ0v) is 69.3. The highest BCUT2D eigenvalue weighted by Crippen LogP contribution is 2.43. The van der Waals surface area contributed by atoms with E-state index in [-0.39, 0.29) is 0 Å². The number of aromatic nitrogens is 12. The van der Waals surface area contributed by atoms with Crippen molar-refractivity contribution in [3.05, 3.63) is 437 Å². The molecule has 25 rings (SSSR count). The van der Waals surface area contributed by atoms with Gasteiger partial charge in [-0.3, -0.25) is 4.57 Å². The van der Waals surface area contributed by atoms with E-state index in [1.807, 2.05) is 243 Å². The third kappa shape index (κ3) is 14.8. The molecule has 0 aliphatic carbocycles. The standard InChI is InChI=1S/C42H27N5.C37H23N3O.C36H22N4O/c1-5-13-29(14-6-1)39-44-40(30-15-7-2-8-16-30)46-41(45-39)33-23-25-35-32(27-33)22-21-28-24-26-36-38(37(28)35)43-42(31-17-9-3-10-18-31)47(36)34-19-11-4-12-20-34;1-4-10-24(11-5-1)31-23-32(25-12-6-2-7-13-25)39-36(38-31)29-18-20-30-28(22-29)17-16-26-19-21-33-35(34(26)30)40-37(41-33)27-14-8-3-9-15-27;1-4-10-24(11-5-1)33-38-34(25-12-6-2-7-13-25)40-35(39-33)28-18-20-29-27(22-28)17-16-23-19-21-30-32(31(23)29)37-36(41-30)26-14-8-3-9-15-26/h1-27H;1-23H;1-22H. The van der Waals surface area contributed by atoms with Crippen LogP contribution in [-0.4, -0.2) is 59.4 Å². The van der Waals surface area contributed by atoms with Crippen molar-refractivity contribution >= 4 is 97.9 Å². The predicted molar refractivity (Wildman–Crippen MR) is 522 cm³/mol. The summed E-state index contributed by atoms with van der Waals surface area (Å²) in [6.45, 7) is 0. The highest BCUT2D eigenvalue weighted by Gasteiger charge is 2.23. The van der Waals surface area contributed by atoms with Gasteiger partial charge in [0.15, 0.2) is 51.9 Å². The third-order valence-corrected chi connectivity index (χ3v) is 23.5. The van der Waals surface area contributed by atoms with Gasteiger partial charge in [0, 0.05) is 88.6 Å². The molecule has 0 saturated heterocycles. The Morgan fingerprint density at radius 2 is 0.450 bits per heavy atom. The van der Waals surface area contributed by atoms with E-state index in [9.17, 15) is 0 Å². The second kappa shape index (κ2) is 33.1. The van der Waals surface area contributed by atoms with Crippen molar-refractivity contribution in [2.24, 2.45) is 0 Å². The second-order valence-electron chi connectivity index (χ2n) is 31.6. The van der Waals surface area contributed by atoms with Crippen molar-refractivity contribution in [3.8, 4) is 142 Å². The third-order valence-electron chi connectivity index (χ3n) is 23.5. The van der Waals surface area contributed by atoms with Gasteiger partial charge in [-0.2, -0.15) is 0 Å². The largest absolute Gasteiger partial charge is 0.436 e. The van der Waals surface area contributed by atoms with E-state index in [0.717, 1.165) is 188 Å². The van der Waals surface area contributed by atoms with Crippen LogP contribution in [0.15, 0.2) is 446 Å². The van der Waals surface area contributed by atoms with E-state index in [1.165, 1.54) is 0 Å². The minimum absolute atomic E-state index is 0.619. The number of rotatable bonds is 13. The lowest BCUT2D eigenvalue weighted by Gasteiger charge is -2.11. The summed E-state index contributed by atoms with van der Waals surface area (Å²) in [4.78, 5) is 54.7. The highest BCUT2D eigenvalue weighted by atomic mass is 16.4. The number of nitrogens with zero attached hydrogens (tertiary/aromatic N) is 12. The first-order chi connectivity index (χ1) is 63.9. The maximum absolute atomic E-state index is 6.18. The number of fused-ring (bicyclic) bond motifs is 15. The first-order valence-corrected chi connectivity index (χ1v) is 42.8.